The lowest BCUT2D eigenvalue weighted by Crippen LogP contribution is -2.31. The van der Waals surface area contributed by atoms with Crippen LogP contribution in [0.15, 0.2) is 47.0 Å². The van der Waals surface area contributed by atoms with Gasteiger partial charge in [0.05, 0.1) is 5.57 Å². The monoisotopic (exact) mass is 369 g/mol. The number of thiophene rings is 1. The van der Waals surface area contributed by atoms with Crippen LogP contribution in [0.1, 0.15) is 23.4 Å². The van der Waals surface area contributed by atoms with E-state index in [9.17, 15) is 9.18 Å². The topological polar surface area (TPSA) is 85.8 Å². The highest BCUT2D eigenvalue weighted by molar-refractivity contribution is 7.10. The molecule has 0 saturated heterocycles. The summed E-state index contributed by atoms with van der Waals surface area (Å²) in [5, 5.41) is 9.65. The van der Waals surface area contributed by atoms with Gasteiger partial charge in [-0.15, -0.1) is 16.4 Å². The number of allylic oxidation sites excluding steroid dienone is 1. The van der Waals surface area contributed by atoms with Crippen molar-refractivity contribution in [1.29, 1.82) is 0 Å². The van der Waals surface area contributed by atoms with E-state index in [1.807, 2.05) is 18.4 Å². The van der Waals surface area contributed by atoms with Gasteiger partial charge >= 0.3 is 0 Å². The summed E-state index contributed by atoms with van der Waals surface area (Å²) in [4.78, 5) is 17.6. The normalized spacial score (nSPS) is 16.3. The fourth-order valence-corrected chi connectivity index (χ4v) is 4.12. The van der Waals surface area contributed by atoms with E-state index in [-0.39, 0.29) is 5.82 Å². The SMILES string of the molecule is CC1=C(C(N)=O)C(c2sccc2C)n2nc(-c3ccc(F)cc3)nc2N1. The van der Waals surface area contributed by atoms with Gasteiger partial charge in [-0.25, -0.2) is 9.07 Å². The number of anilines is 1. The summed E-state index contributed by atoms with van der Waals surface area (Å²) >= 11 is 1.54. The quantitative estimate of drug-likeness (QED) is 0.742. The van der Waals surface area contributed by atoms with Crippen molar-refractivity contribution in [3.05, 3.63) is 63.2 Å². The number of halogens is 1. The molecule has 1 aliphatic rings. The first kappa shape index (κ1) is 16.5. The van der Waals surface area contributed by atoms with Crippen molar-refractivity contribution in [2.45, 2.75) is 19.9 Å². The van der Waals surface area contributed by atoms with Gasteiger partial charge in [0.15, 0.2) is 5.82 Å². The molecule has 0 spiro atoms. The minimum absolute atomic E-state index is 0.323. The number of fused-ring (bicyclic) bond motifs is 1. The van der Waals surface area contributed by atoms with Gasteiger partial charge in [0.25, 0.3) is 0 Å². The van der Waals surface area contributed by atoms with Crippen LogP contribution in [0.4, 0.5) is 10.3 Å². The maximum Gasteiger partial charge on any atom is 0.248 e. The Labute approximate surface area is 153 Å². The zero-order chi connectivity index (χ0) is 18.4. The molecule has 0 fully saturated rings. The zero-order valence-corrected chi connectivity index (χ0v) is 15.0. The Hall–Kier alpha value is -3.00. The number of carbonyl (C=O) groups is 1. The van der Waals surface area contributed by atoms with Gasteiger partial charge in [-0.1, -0.05) is 0 Å². The first-order valence-electron chi connectivity index (χ1n) is 7.99. The van der Waals surface area contributed by atoms with Crippen molar-refractivity contribution in [3.63, 3.8) is 0 Å². The molecule has 0 bridgehead atoms. The van der Waals surface area contributed by atoms with Gasteiger partial charge in [-0.3, -0.25) is 4.79 Å². The molecule has 8 heteroatoms. The first-order valence-corrected chi connectivity index (χ1v) is 8.87. The van der Waals surface area contributed by atoms with Gasteiger partial charge in [-0.2, -0.15) is 4.98 Å². The van der Waals surface area contributed by atoms with E-state index in [0.717, 1.165) is 10.4 Å². The van der Waals surface area contributed by atoms with E-state index in [0.29, 0.717) is 28.6 Å². The molecule has 2 aromatic heterocycles. The number of carbonyl (C=O) groups excluding carboxylic acids is 1. The lowest BCUT2D eigenvalue weighted by Gasteiger charge is -2.27. The molecule has 3 N–H and O–H groups in total. The van der Waals surface area contributed by atoms with E-state index < -0.39 is 11.9 Å². The van der Waals surface area contributed by atoms with Crippen LogP contribution < -0.4 is 11.1 Å². The number of aromatic nitrogens is 3. The number of nitrogens with zero attached hydrogens (tertiary/aromatic N) is 3. The van der Waals surface area contributed by atoms with Crippen molar-refractivity contribution < 1.29 is 9.18 Å². The fraction of sp³-hybridized carbons (Fsp3) is 0.167. The third-order valence-electron chi connectivity index (χ3n) is 4.37. The zero-order valence-electron chi connectivity index (χ0n) is 14.2. The Bertz CT molecular complexity index is 1030. The van der Waals surface area contributed by atoms with Gasteiger partial charge in [0, 0.05) is 16.1 Å². The number of nitrogens with one attached hydrogen (secondary N) is 1. The Morgan fingerprint density at radius 2 is 2.00 bits per heavy atom. The van der Waals surface area contributed by atoms with Crippen LogP contribution in [0.5, 0.6) is 0 Å². The lowest BCUT2D eigenvalue weighted by atomic mass is 9.99. The second kappa shape index (κ2) is 6.06. The second-order valence-electron chi connectivity index (χ2n) is 6.11. The molecule has 1 atom stereocenters. The highest BCUT2D eigenvalue weighted by Gasteiger charge is 2.34. The second-order valence-corrected chi connectivity index (χ2v) is 7.06. The Balaban J connectivity index is 1.88. The van der Waals surface area contributed by atoms with E-state index in [1.165, 1.54) is 12.1 Å². The number of aryl methyl sites for hydroxylation is 1. The molecule has 1 unspecified atom stereocenters. The summed E-state index contributed by atoms with van der Waals surface area (Å²) in [6.07, 6.45) is 0. The van der Waals surface area contributed by atoms with Crippen LogP contribution in [0.3, 0.4) is 0 Å². The minimum atomic E-state index is -0.503. The maximum atomic E-state index is 13.2. The van der Waals surface area contributed by atoms with Crippen LogP contribution in [-0.4, -0.2) is 20.7 Å². The molecule has 1 aliphatic heterocycles. The Morgan fingerprint density at radius 1 is 1.27 bits per heavy atom. The molecule has 0 aliphatic carbocycles. The molecule has 0 saturated carbocycles. The van der Waals surface area contributed by atoms with Crippen LogP contribution in [0.2, 0.25) is 0 Å². The molecule has 0 radical (unpaired) electrons. The third-order valence-corrected chi connectivity index (χ3v) is 5.44. The van der Waals surface area contributed by atoms with E-state index in [1.54, 1.807) is 35.1 Å². The van der Waals surface area contributed by atoms with Crippen LogP contribution >= 0.6 is 11.3 Å². The van der Waals surface area contributed by atoms with Crippen molar-refractivity contribution in [1.82, 2.24) is 14.8 Å². The maximum absolute atomic E-state index is 13.2. The first-order chi connectivity index (χ1) is 12.5. The van der Waals surface area contributed by atoms with Crippen LogP contribution in [-0.2, 0) is 4.79 Å². The minimum Gasteiger partial charge on any atom is -0.366 e. The third kappa shape index (κ3) is 2.59. The summed E-state index contributed by atoms with van der Waals surface area (Å²) < 4.78 is 14.9. The van der Waals surface area contributed by atoms with Crippen molar-refractivity contribution in [3.8, 4) is 11.4 Å². The molecule has 132 valence electrons. The van der Waals surface area contributed by atoms with E-state index in [4.69, 9.17) is 5.73 Å². The van der Waals surface area contributed by atoms with Crippen molar-refractivity contribution >= 4 is 23.2 Å². The number of hydrogen-bond acceptors (Lipinski definition) is 5. The Morgan fingerprint density at radius 3 is 2.62 bits per heavy atom. The molecule has 3 heterocycles. The van der Waals surface area contributed by atoms with Gasteiger partial charge < -0.3 is 11.1 Å². The number of amides is 1. The van der Waals surface area contributed by atoms with Crippen molar-refractivity contribution in [2.75, 3.05) is 5.32 Å². The largest absolute Gasteiger partial charge is 0.366 e. The lowest BCUT2D eigenvalue weighted by molar-refractivity contribution is -0.115. The van der Waals surface area contributed by atoms with Gasteiger partial charge in [0.2, 0.25) is 11.9 Å². The molecule has 1 aromatic carbocycles. The van der Waals surface area contributed by atoms with Crippen LogP contribution in [0, 0.1) is 12.7 Å². The highest BCUT2D eigenvalue weighted by Crippen LogP contribution is 2.39. The number of benzene rings is 1. The number of primary amides is 1. The summed E-state index contributed by atoms with van der Waals surface area (Å²) in [5.41, 5.74) is 8.51. The predicted octanol–water partition coefficient (Wildman–Crippen LogP) is 3.23. The summed E-state index contributed by atoms with van der Waals surface area (Å²) in [7, 11) is 0. The molecular weight excluding hydrogens is 353 g/mol. The molecule has 1 amide bonds. The van der Waals surface area contributed by atoms with Gasteiger partial charge in [-0.05, 0) is 55.1 Å². The van der Waals surface area contributed by atoms with E-state index in [2.05, 4.69) is 15.4 Å². The standard InChI is InChI=1S/C18H16FN5OS/c1-9-7-8-26-15(9)14-13(16(20)25)10(2)21-18-22-17(23-24(14)18)11-3-5-12(19)6-4-11/h3-8,14H,1-2H3,(H2,20,25)(H,21,22,23). The molecule has 3 aromatic rings. The number of nitrogens with two attached hydrogens (primary N) is 1. The molecule has 4 rings (SSSR count). The van der Waals surface area contributed by atoms with Crippen molar-refractivity contribution in [2.24, 2.45) is 5.73 Å². The van der Waals surface area contributed by atoms with Gasteiger partial charge in [0.1, 0.15) is 11.9 Å². The fourth-order valence-electron chi connectivity index (χ4n) is 3.10. The number of hydrogen-bond donors (Lipinski definition) is 2. The Kier molecular flexibility index (Phi) is 3.84. The van der Waals surface area contributed by atoms with E-state index >= 15 is 0 Å². The average molecular weight is 369 g/mol. The average Bonchev–Trinajstić information content (AvgIpc) is 3.20. The molecule has 6 nitrogen and oxygen atoms in total. The predicted molar refractivity (Wildman–Crippen MR) is 98.1 cm³/mol. The summed E-state index contributed by atoms with van der Waals surface area (Å²) in [6, 6.07) is 7.53. The highest BCUT2D eigenvalue weighted by atomic mass is 32.1. The summed E-state index contributed by atoms with van der Waals surface area (Å²) in [5.74, 6) is 0.142. The summed E-state index contributed by atoms with van der Waals surface area (Å²) in [6.45, 7) is 3.78. The molecular formula is C18H16FN5OS. The molecule has 26 heavy (non-hydrogen) atoms. The smallest absolute Gasteiger partial charge is 0.248 e. The number of rotatable bonds is 3. The van der Waals surface area contributed by atoms with Crippen LogP contribution in [0.25, 0.3) is 11.4 Å².